The van der Waals surface area contributed by atoms with Crippen LogP contribution in [0.1, 0.15) is 45.9 Å². The van der Waals surface area contributed by atoms with E-state index in [0.29, 0.717) is 18.0 Å². The zero-order chi connectivity index (χ0) is 19.3. The van der Waals surface area contributed by atoms with Crippen molar-refractivity contribution in [2.45, 2.75) is 31.7 Å². The fraction of sp³-hybridized carbons (Fsp3) is 0.304. The summed E-state index contributed by atoms with van der Waals surface area (Å²) in [6.45, 7) is 3.10. The molecule has 2 heterocycles. The van der Waals surface area contributed by atoms with Gasteiger partial charge in [0.15, 0.2) is 5.78 Å². The Hall–Kier alpha value is -2.92. The lowest BCUT2D eigenvalue weighted by Gasteiger charge is -2.31. The zero-order valence-corrected chi connectivity index (χ0v) is 16.0. The van der Waals surface area contributed by atoms with Crippen LogP contribution in [0, 0.1) is 0 Å². The van der Waals surface area contributed by atoms with Crippen LogP contribution in [0.5, 0.6) is 0 Å². The number of hydrogen-bond acceptors (Lipinski definition) is 4. The molecule has 0 unspecified atom stereocenters. The minimum Gasteiger partial charge on any atom is -0.398 e. The van der Waals surface area contributed by atoms with E-state index in [2.05, 4.69) is 27.2 Å². The van der Waals surface area contributed by atoms with Gasteiger partial charge in [-0.1, -0.05) is 42.5 Å². The maximum absolute atomic E-state index is 12.6. The Morgan fingerprint density at radius 1 is 1.07 bits per heavy atom. The van der Waals surface area contributed by atoms with E-state index in [0.717, 1.165) is 43.6 Å². The molecule has 28 heavy (non-hydrogen) atoms. The topological polar surface area (TPSA) is 75.0 Å². The number of aromatic amines is 1. The average molecular weight is 374 g/mol. The predicted octanol–water partition coefficient (Wildman–Crippen LogP) is 3.80. The number of rotatable bonds is 6. The molecule has 1 saturated heterocycles. The van der Waals surface area contributed by atoms with E-state index in [4.69, 9.17) is 5.73 Å². The van der Waals surface area contributed by atoms with Crippen molar-refractivity contribution in [1.29, 1.82) is 0 Å². The van der Waals surface area contributed by atoms with Gasteiger partial charge in [-0.3, -0.25) is 14.8 Å². The van der Waals surface area contributed by atoms with Crippen LogP contribution in [0.25, 0.3) is 0 Å². The van der Waals surface area contributed by atoms with Crippen LogP contribution in [0.2, 0.25) is 0 Å². The van der Waals surface area contributed by atoms with Crippen molar-refractivity contribution in [3.63, 3.8) is 0 Å². The number of anilines is 1. The number of hydrogen-bond donors (Lipinski definition) is 2. The SMILES string of the molecule is Nc1ccccc1CC(=O)c1ccc(C2CCN(Cc3ccn[nH]3)CC2)cc1. The molecule has 144 valence electrons. The van der Waals surface area contributed by atoms with Crippen molar-refractivity contribution in [2.24, 2.45) is 0 Å². The average Bonchev–Trinajstić information content (AvgIpc) is 3.23. The summed E-state index contributed by atoms with van der Waals surface area (Å²) in [5, 5.41) is 7.05. The number of Topliss-reactive ketones (excluding diaryl/α,β-unsaturated/α-hetero) is 1. The van der Waals surface area contributed by atoms with Gasteiger partial charge in [0.1, 0.15) is 0 Å². The van der Waals surface area contributed by atoms with Gasteiger partial charge in [-0.15, -0.1) is 0 Å². The largest absolute Gasteiger partial charge is 0.398 e. The molecule has 0 spiro atoms. The molecule has 5 heteroatoms. The highest BCUT2D eigenvalue weighted by atomic mass is 16.1. The molecule has 1 aromatic heterocycles. The Labute approximate surface area is 165 Å². The number of carbonyl (C=O) groups excluding carboxylic acids is 1. The predicted molar refractivity (Wildman–Crippen MR) is 111 cm³/mol. The number of nitrogens with one attached hydrogen (secondary N) is 1. The highest BCUT2D eigenvalue weighted by Gasteiger charge is 2.21. The van der Waals surface area contributed by atoms with E-state index < -0.39 is 0 Å². The van der Waals surface area contributed by atoms with Gasteiger partial charge in [-0.05, 0) is 55.1 Å². The number of benzene rings is 2. The molecule has 0 radical (unpaired) electrons. The Morgan fingerprint density at radius 3 is 2.50 bits per heavy atom. The first kappa shape index (κ1) is 18.4. The summed E-state index contributed by atoms with van der Waals surface area (Å²) in [5.74, 6) is 0.672. The quantitative estimate of drug-likeness (QED) is 0.508. The molecule has 1 aliphatic rings. The Balaban J connectivity index is 1.33. The van der Waals surface area contributed by atoms with Crippen molar-refractivity contribution in [1.82, 2.24) is 15.1 Å². The first-order valence-electron chi connectivity index (χ1n) is 9.86. The van der Waals surface area contributed by atoms with Gasteiger partial charge in [-0.2, -0.15) is 5.10 Å². The van der Waals surface area contributed by atoms with E-state index in [1.54, 1.807) is 6.20 Å². The van der Waals surface area contributed by atoms with E-state index >= 15 is 0 Å². The molecular formula is C23H26N4O. The fourth-order valence-corrected chi connectivity index (χ4v) is 3.95. The molecule has 2 aromatic carbocycles. The number of ketones is 1. The second-order valence-electron chi connectivity index (χ2n) is 7.55. The summed E-state index contributed by atoms with van der Waals surface area (Å²) >= 11 is 0. The third-order valence-electron chi connectivity index (χ3n) is 5.65. The molecule has 5 nitrogen and oxygen atoms in total. The molecule has 0 amide bonds. The minimum absolute atomic E-state index is 0.110. The lowest BCUT2D eigenvalue weighted by atomic mass is 9.88. The zero-order valence-electron chi connectivity index (χ0n) is 16.0. The third-order valence-corrected chi connectivity index (χ3v) is 5.65. The first-order valence-corrected chi connectivity index (χ1v) is 9.86. The van der Waals surface area contributed by atoms with Crippen LogP contribution in [0.3, 0.4) is 0 Å². The van der Waals surface area contributed by atoms with Gasteiger partial charge in [-0.25, -0.2) is 0 Å². The molecule has 3 aromatic rings. The first-order chi connectivity index (χ1) is 13.7. The maximum Gasteiger partial charge on any atom is 0.167 e. The normalized spacial score (nSPS) is 15.6. The number of nitrogen functional groups attached to an aromatic ring is 1. The minimum atomic E-state index is 0.110. The lowest BCUT2D eigenvalue weighted by Crippen LogP contribution is -2.32. The van der Waals surface area contributed by atoms with Crippen molar-refractivity contribution in [3.05, 3.63) is 83.2 Å². The number of H-pyrrole nitrogens is 1. The Morgan fingerprint density at radius 2 is 1.82 bits per heavy atom. The molecular weight excluding hydrogens is 348 g/mol. The standard InChI is InChI=1S/C23H26N4O/c24-22-4-2-1-3-20(22)15-23(28)19-7-5-17(6-8-19)18-10-13-27(14-11-18)16-21-9-12-25-26-21/h1-9,12,18H,10-11,13-16,24H2,(H,25,26). The maximum atomic E-state index is 12.6. The number of piperidine rings is 1. The fourth-order valence-electron chi connectivity index (χ4n) is 3.95. The number of para-hydroxylation sites is 1. The van der Waals surface area contributed by atoms with Crippen LogP contribution < -0.4 is 5.73 Å². The van der Waals surface area contributed by atoms with Crippen molar-refractivity contribution < 1.29 is 4.79 Å². The number of carbonyl (C=O) groups is 1. The van der Waals surface area contributed by atoms with E-state index in [-0.39, 0.29) is 5.78 Å². The molecule has 0 aliphatic carbocycles. The molecule has 1 fully saturated rings. The monoisotopic (exact) mass is 374 g/mol. The molecule has 0 bridgehead atoms. The van der Waals surface area contributed by atoms with Crippen LogP contribution in [-0.2, 0) is 13.0 Å². The summed E-state index contributed by atoms with van der Waals surface area (Å²) in [6, 6.07) is 17.8. The number of nitrogens with zero attached hydrogens (tertiary/aromatic N) is 2. The van der Waals surface area contributed by atoms with Gasteiger partial charge < -0.3 is 5.73 Å². The third kappa shape index (κ3) is 4.31. The van der Waals surface area contributed by atoms with Crippen LogP contribution >= 0.6 is 0 Å². The number of nitrogens with two attached hydrogens (primary N) is 1. The van der Waals surface area contributed by atoms with Gasteiger partial charge in [0.25, 0.3) is 0 Å². The molecule has 0 saturated carbocycles. The highest BCUT2D eigenvalue weighted by Crippen LogP contribution is 2.29. The summed E-state index contributed by atoms with van der Waals surface area (Å²) in [4.78, 5) is 15.0. The van der Waals surface area contributed by atoms with Crippen molar-refractivity contribution in [3.8, 4) is 0 Å². The second-order valence-corrected chi connectivity index (χ2v) is 7.55. The summed E-state index contributed by atoms with van der Waals surface area (Å²) in [6.07, 6.45) is 4.43. The van der Waals surface area contributed by atoms with Gasteiger partial charge in [0, 0.05) is 36.1 Å². The van der Waals surface area contributed by atoms with Crippen molar-refractivity contribution in [2.75, 3.05) is 18.8 Å². The molecule has 3 N–H and O–H groups in total. The number of likely N-dealkylation sites (tertiary alicyclic amines) is 1. The summed E-state index contributed by atoms with van der Waals surface area (Å²) < 4.78 is 0. The number of aromatic nitrogens is 2. The van der Waals surface area contributed by atoms with Crippen LogP contribution in [0.15, 0.2) is 60.8 Å². The van der Waals surface area contributed by atoms with Gasteiger partial charge >= 0.3 is 0 Å². The Kier molecular flexibility index (Phi) is 5.53. The molecule has 1 aliphatic heterocycles. The van der Waals surface area contributed by atoms with Gasteiger partial charge in [0.2, 0.25) is 0 Å². The van der Waals surface area contributed by atoms with E-state index in [9.17, 15) is 4.79 Å². The lowest BCUT2D eigenvalue weighted by molar-refractivity contribution is 0.0993. The smallest absolute Gasteiger partial charge is 0.167 e. The van der Waals surface area contributed by atoms with Crippen LogP contribution in [0.4, 0.5) is 5.69 Å². The second kappa shape index (κ2) is 8.40. The van der Waals surface area contributed by atoms with Gasteiger partial charge in [0.05, 0.1) is 0 Å². The Bertz CT molecular complexity index is 910. The van der Waals surface area contributed by atoms with E-state index in [1.165, 1.54) is 11.3 Å². The van der Waals surface area contributed by atoms with Crippen LogP contribution in [-0.4, -0.2) is 34.0 Å². The molecule has 4 rings (SSSR count). The van der Waals surface area contributed by atoms with E-state index in [1.807, 2.05) is 42.5 Å². The molecule has 0 atom stereocenters. The highest BCUT2D eigenvalue weighted by molar-refractivity contribution is 5.98. The van der Waals surface area contributed by atoms with Crippen molar-refractivity contribution >= 4 is 11.5 Å². The summed E-state index contributed by atoms with van der Waals surface area (Å²) in [5.41, 5.74) is 10.8. The summed E-state index contributed by atoms with van der Waals surface area (Å²) in [7, 11) is 0.